The third-order valence-corrected chi connectivity index (χ3v) is 3.47. The molecule has 0 aliphatic rings. The van der Waals surface area contributed by atoms with Crippen molar-refractivity contribution in [1.29, 1.82) is 0 Å². The molecule has 0 spiro atoms. The molecule has 0 amide bonds. The first-order chi connectivity index (χ1) is 8.58. The highest BCUT2D eigenvalue weighted by atomic mass is 79.9. The third kappa shape index (κ3) is 2.88. The summed E-state index contributed by atoms with van der Waals surface area (Å²) in [6, 6.07) is 9.99. The number of nitrogens with one attached hydrogen (secondary N) is 1. The van der Waals surface area contributed by atoms with Crippen molar-refractivity contribution in [1.82, 2.24) is 9.97 Å². The van der Waals surface area contributed by atoms with Gasteiger partial charge in [-0.2, -0.15) is 0 Å². The van der Waals surface area contributed by atoms with Crippen molar-refractivity contribution in [3.05, 3.63) is 62.2 Å². The van der Waals surface area contributed by atoms with Gasteiger partial charge in [-0.05, 0) is 27.4 Å². The van der Waals surface area contributed by atoms with E-state index in [9.17, 15) is 4.79 Å². The Morgan fingerprint density at radius 1 is 1.28 bits per heavy atom. The average Bonchev–Trinajstić information content (AvgIpc) is 2.34. The first-order valence-corrected chi connectivity index (χ1v) is 6.69. The lowest BCUT2D eigenvalue weighted by Gasteiger charge is -2.09. The molecule has 0 saturated heterocycles. The van der Waals surface area contributed by atoms with Crippen LogP contribution in [-0.2, 0) is 6.42 Å². The topological polar surface area (TPSA) is 45.8 Å². The van der Waals surface area contributed by atoms with Crippen molar-refractivity contribution in [2.45, 2.75) is 26.2 Å². The molecule has 0 aliphatic heterocycles. The second-order valence-electron chi connectivity index (χ2n) is 4.53. The van der Waals surface area contributed by atoms with E-state index >= 15 is 0 Å². The van der Waals surface area contributed by atoms with Crippen molar-refractivity contribution >= 4 is 15.9 Å². The Kier molecular flexibility index (Phi) is 3.97. The Bertz CT molecular complexity index is 590. The van der Waals surface area contributed by atoms with Crippen LogP contribution in [0.1, 0.15) is 36.8 Å². The van der Waals surface area contributed by atoms with Crippen molar-refractivity contribution in [2.24, 2.45) is 0 Å². The maximum Gasteiger partial charge on any atom is 0.265 e. The van der Waals surface area contributed by atoms with Crippen LogP contribution in [0.5, 0.6) is 0 Å². The molecule has 0 radical (unpaired) electrons. The fraction of sp³-hybridized carbons (Fsp3) is 0.286. The molecule has 0 saturated carbocycles. The molecule has 1 aromatic carbocycles. The molecule has 18 heavy (non-hydrogen) atoms. The first-order valence-electron chi connectivity index (χ1n) is 5.90. The first kappa shape index (κ1) is 13.0. The van der Waals surface area contributed by atoms with E-state index < -0.39 is 0 Å². The fourth-order valence-corrected chi connectivity index (χ4v) is 2.43. The van der Waals surface area contributed by atoms with Gasteiger partial charge in [-0.1, -0.05) is 44.2 Å². The summed E-state index contributed by atoms with van der Waals surface area (Å²) in [6.45, 7) is 4.05. The lowest BCUT2D eigenvalue weighted by molar-refractivity contribution is 0.775. The van der Waals surface area contributed by atoms with Gasteiger partial charge in [0.05, 0.1) is 5.69 Å². The zero-order chi connectivity index (χ0) is 13.1. The van der Waals surface area contributed by atoms with Crippen molar-refractivity contribution in [3.63, 3.8) is 0 Å². The van der Waals surface area contributed by atoms with Crippen LogP contribution in [0.3, 0.4) is 0 Å². The van der Waals surface area contributed by atoms with Gasteiger partial charge in [-0.15, -0.1) is 0 Å². The van der Waals surface area contributed by atoms with E-state index in [0.29, 0.717) is 16.7 Å². The zero-order valence-electron chi connectivity index (χ0n) is 10.4. The molecule has 94 valence electrons. The van der Waals surface area contributed by atoms with E-state index in [-0.39, 0.29) is 11.5 Å². The van der Waals surface area contributed by atoms with Crippen molar-refractivity contribution in [3.8, 4) is 0 Å². The summed E-state index contributed by atoms with van der Waals surface area (Å²) >= 11 is 3.29. The second-order valence-corrected chi connectivity index (χ2v) is 5.32. The Hall–Kier alpha value is -1.42. The van der Waals surface area contributed by atoms with Crippen LogP contribution < -0.4 is 5.56 Å². The molecule has 4 heteroatoms. The van der Waals surface area contributed by atoms with Crippen molar-refractivity contribution in [2.75, 3.05) is 0 Å². The van der Waals surface area contributed by atoms with Crippen molar-refractivity contribution < 1.29 is 0 Å². The van der Waals surface area contributed by atoms with Crippen LogP contribution >= 0.6 is 15.9 Å². The highest BCUT2D eigenvalue weighted by molar-refractivity contribution is 9.10. The Morgan fingerprint density at radius 3 is 2.56 bits per heavy atom. The molecular formula is C14H15BrN2O. The van der Waals surface area contributed by atoms with Gasteiger partial charge < -0.3 is 4.98 Å². The Labute approximate surface area is 114 Å². The van der Waals surface area contributed by atoms with Crippen LogP contribution in [0.4, 0.5) is 0 Å². The molecule has 0 atom stereocenters. The molecule has 0 unspecified atom stereocenters. The highest BCUT2D eigenvalue weighted by Gasteiger charge is 2.12. The number of hydrogen-bond donors (Lipinski definition) is 1. The van der Waals surface area contributed by atoms with Crippen LogP contribution in [0, 0.1) is 0 Å². The lowest BCUT2D eigenvalue weighted by Crippen LogP contribution is -2.16. The predicted molar refractivity (Wildman–Crippen MR) is 75.9 cm³/mol. The van der Waals surface area contributed by atoms with E-state index in [0.717, 1.165) is 11.3 Å². The van der Waals surface area contributed by atoms with Gasteiger partial charge in [0, 0.05) is 6.42 Å². The van der Waals surface area contributed by atoms with Gasteiger partial charge >= 0.3 is 0 Å². The third-order valence-electron chi connectivity index (χ3n) is 2.70. The molecule has 1 heterocycles. The van der Waals surface area contributed by atoms with Crippen LogP contribution in [-0.4, -0.2) is 9.97 Å². The summed E-state index contributed by atoms with van der Waals surface area (Å²) in [5, 5.41) is 0. The predicted octanol–water partition coefficient (Wildman–Crippen LogP) is 3.25. The minimum atomic E-state index is -0.111. The molecule has 1 N–H and O–H groups in total. The molecule has 3 nitrogen and oxygen atoms in total. The van der Waals surface area contributed by atoms with Gasteiger partial charge in [-0.3, -0.25) is 4.79 Å². The van der Waals surface area contributed by atoms with Gasteiger partial charge in [0.15, 0.2) is 0 Å². The Morgan fingerprint density at radius 2 is 1.94 bits per heavy atom. The van der Waals surface area contributed by atoms with Gasteiger partial charge in [0.2, 0.25) is 0 Å². The number of rotatable bonds is 3. The van der Waals surface area contributed by atoms with Gasteiger partial charge in [0.1, 0.15) is 10.3 Å². The quantitative estimate of drug-likeness (QED) is 0.946. The number of H-pyrrole nitrogens is 1. The molecule has 2 aromatic rings. The standard InChI is InChI=1S/C14H15BrN2O/c1-9(2)13-12(15)14(18)17-11(16-13)8-10-6-4-3-5-7-10/h3-7,9H,8H2,1-2H3,(H,16,17,18). The maximum atomic E-state index is 11.8. The summed E-state index contributed by atoms with van der Waals surface area (Å²) < 4.78 is 0.536. The number of aromatic nitrogens is 2. The maximum absolute atomic E-state index is 11.8. The van der Waals surface area contributed by atoms with Crippen LogP contribution in [0.15, 0.2) is 39.6 Å². The summed E-state index contributed by atoms with van der Waals surface area (Å²) in [7, 11) is 0. The lowest BCUT2D eigenvalue weighted by atomic mass is 10.1. The average molecular weight is 307 g/mol. The smallest absolute Gasteiger partial charge is 0.265 e. The molecule has 0 bridgehead atoms. The molecular weight excluding hydrogens is 292 g/mol. The zero-order valence-corrected chi connectivity index (χ0v) is 12.0. The van der Waals surface area contributed by atoms with E-state index in [1.807, 2.05) is 44.2 Å². The molecule has 1 aromatic heterocycles. The van der Waals surface area contributed by atoms with E-state index in [1.54, 1.807) is 0 Å². The van der Waals surface area contributed by atoms with Gasteiger partial charge in [0.25, 0.3) is 5.56 Å². The fourth-order valence-electron chi connectivity index (χ4n) is 1.78. The number of aromatic amines is 1. The largest absolute Gasteiger partial charge is 0.309 e. The number of benzene rings is 1. The molecule has 0 fully saturated rings. The van der Waals surface area contributed by atoms with E-state index in [1.165, 1.54) is 0 Å². The highest BCUT2D eigenvalue weighted by Crippen LogP contribution is 2.19. The molecule has 2 rings (SSSR count). The van der Waals surface area contributed by atoms with Crippen LogP contribution in [0.25, 0.3) is 0 Å². The summed E-state index contributed by atoms with van der Waals surface area (Å²) in [5.74, 6) is 0.925. The monoisotopic (exact) mass is 306 g/mol. The van der Waals surface area contributed by atoms with E-state index in [4.69, 9.17) is 0 Å². The summed E-state index contributed by atoms with van der Waals surface area (Å²) in [6.07, 6.45) is 0.642. The minimum absolute atomic E-state index is 0.111. The normalized spacial score (nSPS) is 10.9. The number of halogens is 1. The van der Waals surface area contributed by atoms with E-state index in [2.05, 4.69) is 25.9 Å². The number of hydrogen-bond acceptors (Lipinski definition) is 2. The van der Waals surface area contributed by atoms with Crippen LogP contribution in [0.2, 0.25) is 0 Å². The number of nitrogens with zero attached hydrogens (tertiary/aromatic N) is 1. The summed E-state index contributed by atoms with van der Waals surface area (Å²) in [4.78, 5) is 19.1. The SMILES string of the molecule is CC(C)c1nc(Cc2ccccc2)[nH]c(=O)c1Br. The second kappa shape index (κ2) is 5.48. The van der Waals surface area contributed by atoms with Gasteiger partial charge in [-0.25, -0.2) is 4.98 Å². The minimum Gasteiger partial charge on any atom is -0.309 e. The Balaban J connectivity index is 2.38. The molecule has 0 aliphatic carbocycles. The summed E-state index contributed by atoms with van der Waals surface area (Å²) in [5.41, 5.74) is 1.84.